The largest absolute Gasteiger partial charge is 0.491 e. The van der Waals surface area contributed by atoms with Crippen LogP contribution in [0.1, 0.15) is 24.2 Å². The number of hydrogen-bond donors (Lipinski definition) is 1. The fourth-order valence-electron chi connectivity index (χ4n) is 4.00. The van der Waals surface area contributed by atoms with Crippen molar-refractivity contribution in [2.24, 2.45) is 0 Å². The van der Waals surface area contributed by atoms with Crippen molar-refractivity contribution >= 4 is 28.9 Å². The SMILES string of the molecule is C[C@H](O)COc1ccc(N2CCN(Cc3ccc(F)cn3)C[C@H]2c2ccc(Cl)cc2)c(Cl)c1. The van der Waals surface area contributed by atoms with Gasteiger partial charge in [-0.05, 0) is 48.9 Å². The normalized spacial score (nSPS) is 17.7. The summed E-state index contributed by atoms with van der Waals surface area (Å²) in [4.78, 5) is 8.81. The summed E-state index contributed by atoms with van der Waals surface area (Å²) in [5, 5.41) is 10.7. The zero-order valence-corrected chi connectivity index (χ0v) is 19.8. The molecule has 1 aromatic heterocycles. The number of anilines is 1. The summed E-state index contributed by atoms with van der Waals surface area (Å²) in [6.07, 6.45) is 0.699. The van der Waals surface area contributed by atoms with Crippen molar-refractivity contribution < 1.29 is 14.2 Å². The van der Waals surface area contributed by atoms with Crippen LogP contribution in [0, 0.1) is 5.82 Å². The average Bonchev–Trinajstić information content (AvgIpc) is 2.80. The molecule has 2 aromatic carbocycles. The first-order chi connectivity index (χ1) is 15.9. The molecule has 8 heteroatoms. The van der Waals surface area contributed by atoms with Gasteiger partial charge in [0.1, 0.15) is 18.2 Å². The van der Waals surface area contributed by atoms with Gasteiger partial charge in [-0.1, -0.05) is 35.3 Å². The predicted octanol–water partition coefficient (Wildman–Crippen LogP) is 5.35. The fourth-order valence-corrected chi connectivity index (χ4v) is 4.40. The lowest BCUT2D eigenvalue weighted by Gasteiger charge is -2.43. The van der Waals surface area contributed by atoms with Gasteiger partial charge in [0.05, 0.1) is 34.7 Å². The zero-order chi connectivity index (χ0) is 23.4. The minimum Gasteiger partial charge on any atom is -0.491 e. The number of aliphatic hydroxyl groups is 1. The Morgan fingerprint density at radius 2 is 1.91 bits per heavy atom. The third kappa shape index (κ3) is 6.15. The van der Waals surface area contributed by atoms with Crippen LogP contribution >= 0.6 is 23.2 Å². The lowest BCUT2D eigenvalue weighted by molar-refractivity contribution is 0.123. The number of ether oxygens (including phenoxy) is 1. The summed E-state index contributed by atoms with van der Waals surface area (Å²) in [7, 11) is 0. The van der Waals surface area contributed by atoms with Gasteiger partial charge in [0, 0.05) is 37.3 Å². The molecule has 33 heavy (non-hydrogen) atoms. The van der Waals surface area contributed by atoms with Crippen LogP contribution in [0.3, 0.4) is 0 Å². The summed E-state index contributed by atoms with van der Waals surface area (Å²) in [5.41, 5.74) is 2.87. The van der Waals surface area contributed by atoms with Crippen molar-refractivity contribution in [1.29, 1.82) is 0 Å². The summed E-state index contributed by atoms with van der Waals surface area (Å²) in [5.74, 6) is 0.284. The molecule has 2 atom stereocenters. The highest BCUT2D eigenvalue weighted by atomic mass is 35.5. The minimum atomic E-state index is -0.554. The average molecular weight is 490 g/mol. The van der Waals surface area contributed by atoms with Gasteiger partial charge in [-0.15, -0.1) is 0 Å². The second-order valence-electron chi connectivity index (χ2n) is 8.24. The van der Waals surface area contributed by atoms with Crippen molar-refractivity contribution in [3.63, 3.8) is 0 Å². The fraction of sp³-hybridized carbons (Fsp3) is 0.320. The second kappa shape index (κ2) is 10.7. The van der Waals surface area contributed by atoms with Crippen molar-refractivity contribution in [3.8, 4) is 5.75 Å². The van der Waals surface area contributed by atoms with Gasteiger partial charge >= 0.3 is 0 Å². The van der Waals surface area contributed by atoms with E-state index in [2.05, 4.69) is 14.8 Å². The van der Waals surface area contributed by atoms with E-state index in [-0.39, 0.29) is 18.5 Å². The van der Waals surface area contributed by atoms with Gasteiger partial charge in [-0.25, -0.2) is 4.39 Å². The molecule has 1 saturated heterocycles. The van der Waals surface area contributed by atoms with Crippen LogP contribution in [0.2, 0.25) is 10.0 Å². The van der Waals surface area contributed by atoms with E-state index in [1.165, 1.54) is 12.3 Å². The first kappa shape index (κ1) is 23.8. The zero-order valence-electron chi connectivity index (χ0n) is 18.3. The molecule has 0 unspecified atom stereocenters. The van der Waals surface area contributed by atoms with Crippen molar-refractivity contribution in [2.45, 2.75) is 25.6 Å². The molecule has 4 rings (SSSR count). The molecule has 0 radical (unpaired) electrons. The molecule has 0 spiro atoms. The Balaban J connectivity index is 1.57. The van der Waals surface area contributed by atoms with E-state index in [0.29, 0.717) is 22.3 Å². The number of nitrogens with zero attached hydrogens (tertiary/aromatic N) is 3. The Morgan fingerprint density at radius 3 is 2.58 bits per heavy atom. The number of benzene rings is 2. The summed E-state index contributed by atoms with van der Waals surface area (Å²) in [6, 6.07) is 16.7. The summed E-state index contributed by atoms with van der Waals surface area (Å²) < 4.78 is 18.8. The number of halogens is 3. The van der Waals surface area contributed by atoms with Crippen molar-refractivity contribution in [1.82, 2.24) is 9.88 Å². The molecule has 1 N–H and O–H groups in total. The van der Waals surface area contributed by atoms with E-state index >= 15 is 0 Å². The van der Waals surface area contributed by atoms with Gasteiger partial charge in [0.25, 0.3) is 0 Å². The highest BCUT2D eigenvalue weighted by molar-refractivity contribution is 6.33. The van der Waals surface area contributed by atoms with E-state index in [0.717, 1.165) is 36.6 Å². The van der Waals surface area contributed by atoms with Crippen LogP contribution in [0.5, 0.6) is 5.75 Å². The molecule has 5 nitrogen and oxygen atoms in total. The lowest BCUT2D eigenvalue weighted by Crippen LogP contribution is -2.48. The second-order valence-corrected chi connectivity index (χ2v) is 9.08. The molecule has 3 aromatic rings. The topological polar surface area (TPSA) is 48.8 Å². The maximum absolute atomic E-state index is 13.2. The molecular formula is C25H26Cl2FN3O2. The number of pyridine rings is 1. The molecule has 0 aliphatic carbocycles. The van der Waals surface area contributed by atoms with E-state index < -0.39 is 6.10 Å². The Kier molecular flexibility index (Phi) is 7.71. The van der Waals surface area contributed by atoms with Crippen LogP contribution in [0.25, 0.3) is 0 Å². The standard InChI is InChI=1S/C25H26Cl2FN3O2/c1-17(32)16-33-22-8-9-24(23(27)12-22)31-11-10-30(14-21-7-6-20(28)13-29-21)15-25(31)18-2-4-19(26)5-3-18/h2-9,12-13,17,25,32H,10-11,14-16H2,1H3/t17-,25-/m0/s1. The number of piperazine rings is 1. The molecule has 1 fully saturated rings. The van der Waals surface area contributed by atoms with E-state index in [1.54, 1.807) is 19.1 Å². The van der Waals surface area contributed by atoms with Gasteiger partial charge in [-0.3, -0.25) is 9.88 Å². The molecule has 0 amide bonds. The predicted molar refractivity (Wildman–Crippen MR) is 130 cm³/mol. The molecule has 0 bridgehead atoms. The van der Waals surface area contributed by atoms with Crippen molar-refractivity contribution in [3.05, 3.63) is 87.9 Å². The number of aliphatic hydroxyl groups excluding tert-OH is 1. The Bertz CT molecular complexity index is 1060. The molecule has 1 aliphatic heterocycles. The molecule has 1 aliphatic rings. The molecule has 2 heterocycles. The molecular weight excluding hydrogens is 464 g/mol. The molecule has 174 valence electrons. The van der Waals surface area contributed by atoms with Crippen LogP contribution in [0.4, 0.5) is 10.1 Å². The first-order valence-electron chi connectivity index (χ1n) is 10.8. The van der Waals surface area contributed by atoms with Crippen LogP contribution < -0.4 is 9.64 Å². The molecule has 0 saturated carbocycles. The third-order valence-electron chi connectivity index (χ3n) is 5.61. The van der Waals surface area contributed by atoms with E-state index in [1.807, 2.05) is 36.4 Å². The van der Waals surface area contributed by atoms with Gasteiger partial charge in [0.15, 0.2) is 0 Å². The Hall–Kier alpha value is -2.38. The highest BCUT2D eigenvalue weighted by Gasteiger charge is 2.30. The van der Waals surface area contributed by atoms with E-state index in [9.17, 15) is 9.50 Å². The van der Waals surface area contributed by atoms with Crippen LogP contribution in [-0.4, -0.2) is 47.3 Å². The Labute approximate surface area is 203 Å². The quantitative estimate of drug-likeness (QED) is 0.484. The summed E-state index contributed by atoms with van der Waals surface area (Å²) in [6.45, 7) is 4.82. The monoisotopic (exact) mass is 489 g/mol. The smallest absolute Gasteiger partial charge is 0.141 e. The maximum Gasteiger partial charge on any atom is 0.141 e. The highest BCUT2D eigenvalue weighted by Crippen LogP contribution is 2.37. The van der Waals surface area contributed by atoms with Crippen LogP contribution in [-0.2, 0) is 6.54 Å². The minimum absolute atomic E-state index is 0.0400. The number of rotatable bonds is 7. The summed E-state index contributed by atoms with van der Waals surface area (Å²) >= 11 is 12.8. The van der Waals surface area contributed by atoms with E-state index in [4.69, 9.17) is 27.9 Å². The first-order valence-corrected chi connectivity index (χ1v) is 11.6. The Morgan fingerprint density at radius 1 is 1.12 bits per heavy atom. The third-order valence-corrected chi connectivity index (χ3v) is 6.17. The van der Waals surface area contributed by atoms with Gasteiger partial charge in [-0.2, -0.15) is 0 Å². The number of aromatic nitrogens is 1. The van der Waals surface area contributed by atoms with Crippen molar-refractivity contribution in [2.75, 3.05) is 31.1 Å². The van der Waals surface area contributed by atoms with Gasteiger partial charge < -0.3 is 14.7 Å². The van der Waals surface area contributed by atoms with Crippen LogP contribution in [0.15, 0.2) is 60.8 Å². The van der Waals surface area contributed by atoms with Gasteiger partial charge in [0.2, 0.25) is 0 Å². The lowest BCUT2D eigenvalue weighted by atomic mass is 10.0. The number of hydrogen-bond acceptors (Lipinski definition) is 5. The maximum atomic E-state index is 13.2.